The van der Waals surface area contributed by atoms with Gasteiger partial charge in [0.05, 0.1) is 13.7 Å². The molecule has 0 amide bonds. The van der Waals surface area contributed by atoms with Gasteiger partial charge in [0.1, 0.15) is 0 Å². The first-order chi connectivity index (χ1) is 7.23. The van der Waals surface area contributed by atoms with Crippen LogP contribution in [0.15, 0.2) is 24.3 Å². The average molecular weight is 206 g/mol. The van der Waals surface area contributed by atoms with E-state index in [4.69, 9.17) is 9.47 Å². The van der Waals surface area contributed by atoms with Crippen LogP contribution in [-0.4, -0.2) is 19.7 Å². The highest BCUT2D eigenvalue weighted by molar-refractivity contribution is 5.84. The molecule has 80 valence electrons. The summed E-state index contributed by atoms with van der Waals surface area (Å²) in [5, 5.41) is 0. The summed E-state index contributed by atoms with van der Waals surface area (Å²) in [5.41, 5.74) is 1.31. The Morgan fingerprint density at radius 2 is 2.07 bits per heavy atom. The molecular formula is C12H14O3. The van der Waals surface area contributed by atoms with Gasteiger partial charge in [-0.1, -0.05) is 31.2 Å². The molecule has 1 aliphatic rings. The maximum atomic E-state index is 11.5. The number of carbonyl (C=O) groups is 1. The van der Waals surface area contributed by atoms with E-state index in [1.54, 1.807) is 0 Å². The van der Waals surface area contributed by atoms with Crippen molar-refractivity contribution in [2.24, 2.45) is 0 Å². The smallest absolute Gasteiger partial charge is 0.345 e. The Kier molecular flexibility index (Phi) is 2.49. The summed E-state index contributed by atoms with van der Waals surface area (Å²) >= 11 is 0. The minimum atomic E-state index is -0.818. The quantitative estimate of drug-likeness (QED) is 0.557. The molecule has 1 unspecified atom stereocenters. The molecule has 1 atom stereocenters. The zero-order valence-corrected chi connectivity index (χ0v) is 8.95. The van der Waals surface area contributed by atoms with Crippen LogP contribution in [0, 0.1) is 0 Å². The van der Waals surface area contributed by atoms with Gasteiger partial charge in [0.2, 0.25) is 5.60 Å². The minimum absolute atomic E-state index is 0.313. The third-order valence-electron chi connectivity index (χ3n) is 2.78. The monoisotopic (exact) mass is 206 g/mol. The molecule has 1 aromatic carbocycles. The Morgan fingerprint density at radius 3 is 2.47 bits per heavy atom. The normalized spacial score (nSPS) is 23.6. The summed E-state index contributed by atoms with van der Waals surface area (Å²) in [7, 11) is 1.38. The van der Waals surface area contributed by atoms with E-state index in [-0.39, 0.29) is 5.97 Å². The van der Waals surface area contributed by atoms with Crippen molar-refractivity contribution >= 4 is 5.97 Å². The number of methoxy groups -OCH3 is 1. The van der Waals surface area contributed by atoms with Gasteiger partial charge in [-0.05, 0) is 17.5 Å². The van der Waals surface area contributed by atoms with E-state index in [1.165, 1.54) is 12.7 Å². The van der Waals surface area contributed by atoms with Crippen molar-refractivity contribution in [2.75, 3.05) is 13.7 Å². The highest BCUT2D eigenvalue weighted by Crippen LogP contribution is 2.39. The number of hydrogen-bond donors (Lipinski definition) is 0. The third-order valence-corrected chi connectivity index (χ3v) is 2.78. The van der Waals surface area contributed by atoms with E-state index in [9.17, 15) is 4.79 Å². The van der Waals surface area contributed by atoms with Crippen LogP contribution in [0.2, 0.25) is 0 Å². The number of hydrogen-bond acceptors (Lipinski definition) is 3. The van der Waals surface area contributed by atoms with E-state index < -0.39 is 5.60 Å². The number of epoxide rings is 1. The van der Waals surface area contributed by atoms with Gasteiger partial charge in [-0.3, -0.25) is 0 Å². The molecule has 0 aromatic heterocycles. The van der Waals surface area contributed by atoms with Gasteiger partial charge in [0.15, 0.2) is 0 Å². The van der Waals surface area contributed by atoms with Gasteiger partial charge in [-0.15, -0.1) is 0 Å². The summed E-state index contributed by atoms with van der Waals surface area (Å²) in [6.45, 7) is 2.52. The van der Waals surface area contributed by atoms with Crippen LogP contribution < -0.4 is 0 Å². The topological polar surface area (TPSA) is 38.8 Å². The lowest BCUT2D eigenvalue weighted by Crippen LogP contribution is -2.23. The highest BCUT2D eigenvalue weighted by Gasteiger charge is 2.55. The van der Waals surface area contributed by atoms with Crippen LogP contribution >= 0.6 is 0 Å². The number of carbonyl (C=O) groups excluding carboxylic acids is 1. The number of esters is 1. The molecule has 3 nitrogen and oxygen atoms in total. The van der Waals surface area contributed by atoms with Crippen LogP contribution in [0.4, 0.5) is 0 Å². The van der Waals surface area contributed by atoms with Gasteiger partial charge in [0.25, 0.3) is 0 Å². The highest BCUT2D eigenvalue weighted by atomic mass is 16.6. The lowest BCUT2D eigenvalue weighted by atomic mass is 9.98. The molecular weight excluding hydrogens is 192 g/mol. The van der Waals surface area contributed by atoms with E-state index in [0.29, 0.717) is 6.61 Å². The first kappa shape index (κ1) is 10.2. The van der Waals surface area contributed by atoms with E-state index in [0.717, 1.165) is 12.0 Å². The summed E-state index contributed by atoms with van der Waals surface area (Å²) in [4.78, 5) is 11.5. The van der Waals surface area contributed by atoms with Gasteiger partial charge in [0, 0.05) is 0 Å². The van der Waals surface area contributed by atoms with Crippen molar-refractivity contribution in [3.05, 3.63) is 35.4 Å². The molecule has 1 heterocycles. The Labute approximate surface area is 89.0 Å². The molecule has 15 heavy (non-hydrogen) atoms. The summed E-state index contributed by atoms with van der Waals surface area (Å²) in [6.07, 6.45) is 0.992. The average Bonchev–Trinajstić information content (AvgIpc) is 3.09. The zero-order chi connectivity index (χ0) is 10.9. The maximum absolute atomic E-state index is 11.5. The first-order valence-electron chi connectivity index (χ1n) is 5.04. The Morgan fingerprint density at radius 1 is 1.47 bits per heavy atom. The van der Waals surface area contributed by atoms with Crippen molar-refractivity contribution in [2.45, 2.75) is 18.9 Å². The molecule has 1 fully saturated rings. The SMILES string of the molecule is CCc1ccc(C2(C(=O)OC)CO2)cc1. The van der Waals surface area contributed by atoms with Crippen molar-refractivity contribution < 1.29 is 14.3 Å². The van der Waals surface area contributed by atoms with E-state index in [1.807, 2.05) is 24.3 Å². The second-order valence-corrected chi connectivity index (χ2v) is 3.66. The maximum Gasteiger partial charge on any atom is 0.345 e. The fourth-order valence-electron chi connectivity index (χ4n) is 1.65. The standard InChI is InChI=1S/C12H14O3/c1-3-9-4-6-10(7-5-9)12(8-15-12)11(13)14-2/h4-7H,3,8H2,1-2H3. The Bertz CT molecular complexity index is 363. The van der Waals surface area contributed by atoms with E-state index in [2.05, 4.69) is 6.92 Å². The number of aryl methyl sites for hydroxylation is 1. The predicted molar refractivity (Wildman–Crippen MR) is 55.5 cm³/mol. The molecule has 2 rings (SSSR count). The number of benzene rings is 1. The molecule has 0 spiro atoms. The van der Waals surface area contributed by atoms with Gasteiger partial charge < -0.3 is 9.47 Å². The van der Waals surface area contributed by atoms with Gasteiger partial charge >= 0.3 is 5.97 Å². The number of rotatable bonds is 3. The fourth-order valence-corrected chi connectivity index (χ4v) is 1.65. The first-order valence-corrected chi connectivity index (χ1v) is 5.04. The molecule has 1 aliphatic heterocycles. The molecule has 0 N–H and O–H groups in total. The molecule has 0 radical (unpaired) electrons. The van der Waals surface area contributed by atoms with Gasteiger partial charge in [-0.2, -0.15) is 0 Å². The Balaban J connectivity index is 2.26. The summed E-state index contributed by atoms with van der Waals surface area (Å²) in [5.74, 6) is -0.313. The Hall–Kier alpha value is -1.35. The van der Waals surface area contributed by atoms with Crippen molar-refractivity contribution in [1.29, 1.82) is 0 Å². The predicted octanol–water partition coefficient (Wildman–Crippen LogP) is 1.65. The van der Waals surface area contributed by atoms with Crippen LogP contribution in [-0.2, 0) is 26.3 Å². The zero-order valence-electron chi connectivity index (χ0n) is 8.95. The van der Waals surface area contributed by atoms with E-state index >= 15 is 0 Å². The third kappa shape index (κ3) is 1.63. The molecule has 1 aromatic rings. The lowest BCUT2D eigenvalue weighted by Gasteiger charge is -2.09. The minimum Gasteiger partial charge on any atom is -0.467 e. The fraction of sp³-hybridized carbons (Fsp3) is 0.417. The summed E-state index contributed by atoms with van der Waals surface area (Å²) < 4.78 is 9.96. The molecule has 0 bridgehead atoms. The van der Waals surface area contributed by atoms with Crippen molar-refractivity contribution in [3.63, 3.8) is 0 Å². The van der Waals surface area contributed by atoms with Crippen LogP contribution in [0.3, 0.4) is 0 Å². The molecule has 3 heteroatoms. The summed E-state index contributed by atoms with van der Waals surface area (Å²) in [6, 6.07) is 7.90. The molecule has 1 saturated heterocycles. The second-order valence-electron chi connectivity index (χ2n) is 3.66. The van der Waals surface area contributed by atoms with Gasteiger partial charge in [-0.25, -0.2) is 4.79 Å². The van der Waals surface area contributed by atoms with Crippen LogP contribution in [0.5, 0.6) is 0 Å². The van der Waals surface area contributed by atoms with Crippen LogP contribution in [0.25, 0.3) is 0 Å². The van der Waals surface area contributed by atoms with Crippen molar-refractivity contribution in [3.8, 4) is 0 Å². The second kappa shape index (κ2) is 3.66. The largest absolute Gasteiger partial charge is 0.467 e. The van der Waals surface area contributed by atoms with Crippen LogP contribution in [0.1, 0.15) is 18.1 Å². The molecule has 0 saturated carbocycles. The van der Waals surface area contributed by atoms with Crippen molar-refractivity contribution in [1.82, 2.24) is 0 Å². The lowest BCUT2D eigenvalue weighted by molar-refractivity contribution is -0.147. The molecule has 0 aliphatic carbocycles. The number of ether oxygens (including phenoxy) is 2.